The minimum absolute atomic E-state index is 0.115. The molecule has 2 N–H and O–H groups in total. The van der Waals surface area contributed by atoms with E-state index < -0.39 is 17.8 Å². The fourth-order valence-electron chi connectivity index (χ4n) is 4.26. The summed E-state index contributed by atoms with van der Waals surface area (Å²) >= 11 is 3.48. The van der Waals surface area contributed by atoms with Crippen molar-refractivity contribution >= 4 is 38.7 Å². The average molecular weight is 574 g/mol. The van der Waals surface area contributed by atoms with E-state index in [1.54, 1.807) is 6.20 Å². The predicted octanol–water partition coefficient (Wildman–Crippen LogP) is 4.00. The molecule has 2 aromatic heterocycles. The van der Waals surface area contributed by atoms with Gasteiger partial charge in [-0.2, -0.15) is 13.2 Å². The molecule has 8 nitrogen and oxygen atoms in total. The van der Waals surface area contributed by atoms with Crippen LogP contribution in [0.5, 0.6) is 0 Å². The van der Waals surface area contributed by atoms with Crippen LogP contribution in [0.15, 0.2) is 59.5 Å². The number of aryl methyl sites for hydroxylation is 1. The fraction of sp³-hybridized carbons (Fsp3) is 0.280. The summed E-state index contributed by atoms with van der Waals surface area (Å²) in [7, 11) is 0. The molecule has 192 valence electrons. The summed E-state index contributed by atoms with van der Waals surface area (Å²) in [6, 6.07) is 10.3. The van der Waals surface area contributed by atoms with Crippen LogP contribution in [0.2, 0.25) is 0 Å². The normalized spacial score (nSPS) is 16.2. The van der Waals surface area contributed by atoms with Crippen molar-refractivity contribution in [1.29, 1.82) is 0 Å². The van der Waals surface area contributed by atoms with Gasteiger partial charge in [0.25, 0.3) is 0 Å². The minimum atomic E-state index is -4.41. The molecule has 1 unspecified atom stereocenters. The number of hydrogen-bond acceptors (Lipinski definition) is 6. The molecule has 3 heterocycles. The quantitative estimate of drug-likeness (QED) is 0.375. The molecule has 4 aromatic rings. The molecule has 12 heteroatoms. The second-order valence-corrected chi connectivity index (χ2v) is 9.66. The predicted molar refractivity (Wildman–Crippen MR) is 136 cm³/mol. The van der Waals surface area contributed by atoms with Gasteiger partial charge in [0, 0.05) is 36.8 Å². The van der Waals surface area contributed by atoms with Gasteiger partial charge < -0.3 is 15.5 Å². The van der Waals surface area contributed by atoms with E-state index in [4.69, 9.17) is 0 Å². The summed E-state index contributed by atoms with van der Waals surface area (Å²) in [6.07, 6.45) is -1.32. The average Bonchev–Trinajstić information content (AvgIpc) is 3.33. The summed E-state index contributed by atoms with van der Waals surface area (Å²) < 4.78 is 41.3. The summed E-state index contributed by atoms with van der Waals surface area (Å²) in [4.78, 5) is 23.6. The Balaban J connectivity index is 1.32. The molecule has 0 saturated carbocycles. The third kappa shape index (κ3) is 5.44. The van der Waals surface area contributed by atoms with Crippen LogP contribution in [-0.2, 0) is 17.5 Å². The Morgan fingerprint density at radius 3 is 2.70 bits per heavy atom. The Kier molecular flexibility index (Phi) is 6.86. The van der Waals surface area contributed by atoms with Crippen molar-refractivity contribution in [3.05, 3.63) is 76.2 Å². The number of benzene rings is 2. The second kappa shape index (κ2) is 10.1. The number of piperazine rings is 1. The van der Waals surface area contributed by atoms with Gasteiger partial charge in [-0.25, -0.2) is 14.6 Å². The summed E-state index contributed by atoms with van der Waals surface area (Å²) in [6.45, 7) is 4.00. The molecule has 1 saturated heterocycles. The van der Waals surface area contributed by atoms with Gasteiger partial charge in [0.15, 0.2) is 5.65 Å². The summed E-state index contributed by atoms with van der Waals surface area (Å²) in [5, 5.41) is 11.3. The summed E-state index contributed by atoms with van der Waals surface area (Å²) in [5.74, 6) is 0.502. The third-order valence-electron chi connectivity index (χ3n) is 6.24. The first-order valence-electron chi connectivity index (χ1n) is 11.6. The van der Waals surface area contributed by atoms with Crippen molar-refractivity contribution in [3.63, 3.8) is 0 Å². The van der Waals surface area contributed by atoms with Crippen LogP contribution in [0.4, 0.5) is 19.0 Å². The Hall–Kier alpha value is -3.51. The largest absolute Gasteiger partial charge is 0.416 e. The number of nitrogens with one attached hydrogen (secondary N) is 2. The molecule has 5 rings (SSSR count). The highest BCUT2D eigenvalue weighted by molar-refractivity contribution is 9.10. The van der Waals surface area contributed by atoms with Crippen molar-refractivity contribution < 1.29 is 18.0 Å². The highest BCUT2D eigenvalue weighted by Crippen LogP contribution is 2.30. The lowest BCUT2D eigenvalue weighted by Gasteiger charge is -2.33. The van der Waals surface area contributed by atoms with Crippen LogP contribution in [-0.4, -0.2) is 51.3 Å². The molecule has 1 amide bonds. The molecular formula is C25H23BrF3N7O. The highest BCUT2D eigenvalue weighted by atomic mass is 79.9. The highest BCUT2D eigenvalue weighted by Gasteiger charge is 2.30. The molecule has 2 aromatic carbocycles. The zero-order chi connectivity index (χ0) is 26.2. The molecule has 1 aliphatic heterocycles. The molecular weight excluding hydrogens is 551 g/mol. The topological polar surface area (TPSA) is 88.0 Å². The number of aromatic nitrogens is 4. The molecule has 37 heavy (non-hydrogen) atoms. The monoisotopic (exact) mass is 573 g/mol. The van der Waals surface area contributed by atoms with Gasteiger partial charge in [-0.15, -0.1) is 5.10 Å². The Labute approximate surface area is 219 Å². The first-order valence-corrected chi connectivity index (χ1v) is 12.4. The molecule has 0 bridgehead atoms. The maximum absolute atomic E-state index is 12.9. The van der Waals surface area contributed by atoms with Crippen LogP contribution in [0.25, 0.3) is 16.7 Å². The van der Waals surface area contributed by atoms with E-state index in [-0.39, 0.29) is 5.91 Å². The number of halogens is 4. The number of carbonyl (C=O) groups is 1. The lowest BCUT2D eigenvalue weighted by Crippen LogP contribution is -2.57. The SMILES string of the molecule is Cc1cc(CNC(=O)C2CN(c3ncnc4nn(-c5ccc(C(F)(F)F)cc5)cc34)CCN2)ccc1Br. The number of amides is 1. The molecule has 1 aliphatic rings. The van der Waals surface area contributed by atoms with Gasteiger partial charge in [-0.3, -0.25) is 4.79 Å². The van der Waals surface area contributed by atoms with Crippen molar-refractivity contribution in [3.8, 4) is 5.69 Å². The van der Waals surface area contributed by atoms with Crippen molar-refractivity contribution in [2.75, 3.05) is 24.5 Å². The van der Waals surface area contributed by atoms with Crippen molar-refractivity contribution in [2.24, 2.45) is 0 Å². The first-order chi connectivity index (χ1) is 17.7. The molecule has 0 radical (unpaired) electrons. The van der Waals surface area contributed by atoms with E-state index in [0.29, 0.717) is 48.7 Å². The molecule has 1 atom stereocenters. The zero-order valence-electron chi connectivity index (χ0n) is 19.8. The third-order valence-corrected chi connectivity index (χ3v) is 7.13. The first kappa shape index (κ1) is 25.2. The van der Waals surface area contributed by atoms with Gasteiger partial charge in [-0.1, -0.05) is 28.1 Å². The standard InChI is InChI=1S/C25H23BrF3N7O/c1-15-10-16(2-7-20(15)26)11-31-24(37)21-13-35(9-8-30-21)23-19-12-36(34-22(19)32-14-33-23)18-5-3-17(4-6-18)25(27,28)29/h2-7,10,12,14,21,30H,8-9,11,13H2,1H3,(H,31,37). The van der Waals surface area contributed by atoms with E-state index in [9.17, 15) is 18.0 Å². The van der Waals surface area contributed by atoms with Crippen LogP contribution in [0.3, 0.4) is 0 Å². The summed E-state index contributed by atoms with van der Waals surface area (Å²) in [5.41, 5.74) is 2.26. The molecule has 0 spiro atoms. The number of hydrogen-bond donors (Lipinski definition) is 2. The minimum Gasteiger partial charge on any atom is -0.353 e. The lowest BCUT2D eigenvalue weighted by molar-refractivity contribution is -0.137. The van der Waals surface area contributed by atoms with E-state index in [1.807, 2.05) is 30.0 Å². The van der Waals surface area contributed by atoms with Gasteiger partial charge in [0.05, 0.1) is 16.6 Å². The maximum atomic E-state index is 12.9. The Morgan fingerprint density at radius 2 is 1.97 bits per heavy atom. The maximum Gasteiger partial charge on any atom is 0.416 e. The number of fused-ring (bicyclic) bond motifs is 1. The number of carbonyl (C=O) groups excluding carboxylic acids is 1. The number of alkyl halides is 3. The van der Waals surface area contributed by atoms with Crippen molar-refractivity contribution in [2.45, 2.75) is 25.7 Å². The van der Waals surface area contributed by atoms with Gasteiger partial charge in [0.2, 0.25) is 5.91 Å². The number of nitrogens with zero attached hydrogens (tertiary/aromatic N) is 5. The van der Waals surface area contributed by atoms with E-state index in [0.717, 1.165) is 27.7 Å². The molecule has 0 aliphatic carbocycles. The van der Waals surface area contributed by atoms with Gasteiger partial charge in [-0.05, 0) is 48.4 Å². The van der Waals surface area contributed by atoms with Gasteiger partial charge in [0.1, 0.15) is 18.2 Å². The molecule has 1 fully saturated rings. The fourth-order valence-corrected chi connectivity index (χ4v) is 4.51. The number of anilines is 1. The Bertz CT molecular complexity index is 1440. The van der Waals surface area contributed by atoms with Crippen LogP contribution in [0, 0.1) is 6.92 Å². The van der Waals surface area contributed by atoms with Gasteiger partial charge >= 0.3 is 6.18 Å². The van der Waals surface area contributed by atoms with Crippen LogP contribution < -0.4 is 15.5 Å². The smallest absolute Gasteiger partial charge is 0.353 e. The Morgan fingerprint density at radius 1 is 1.19 bits per heavy atom. The second-order valence-electron chi connectivity index (χ2n) is 8.81. The van der Waals surface area contributed by atoms with E-state index in [1.165, 1.54) is 23.1 Å². The lowest BCUT2D eigenvalue weighted by atomic mass is 10.1. The van der Waals surface area contributed by atoms with E-state index >= 15 is 0 Å². The zero-order valence-corrected chi connectivity index (χ0v) is 21.3. The van der Waals surface area contributed by atoms with Crippen LogP contribution >= 0.6 is 15.9 Å². The van der Waals surface area contributed by atoms with Crippen LogP contribution in [0.1, 0.15) is 16.7 Å². The van der Waals surface area contributed by atoms with E-state index in [2.05, 4.69) is 41.6 Å². The number of rotatable bonds is 5. The van der Waals surface area contributed by atoms with Crippen molar-refractivity contribution in [1.82, 2.24) is 30.4 Å².